The Labute approximate surface area is 140 Å². The topological polar surface area (TPSA) is 41.1 Å². The first kappa shape index (κ1) is 19.0. The van der Waals surface area contributed by atoms with Crippen molar-refractivity contribution in [3.8, 4) is 0 Å². The van der Waals surface area contributed by atoms with Gasteiger partial charge >= 0.3 is 0 Å². The molecule has 0 aromatic heterocycles. The van der Waals surface area contributed by atoms with Crippen LogP contribution in [-0.2, 0) is 4.79 Å². The third kappa shape index (κ3) is 7.28. The first-order chi connectivity index (χ1) is 9.94. The van der Waals surface area contributed by atoms with Crippen LogP contribution in [0.5, 0.6) is 0 Å². The molecule has 0 spiro atoms. The summed E-state index contributed by atoms with van der Waals surface area (Å²) in [5, 5.41) is 6.44. The van der Waals surface area contributed by atoms with E-state index >= 15 is 0 Å². The zero-order chi connectivity index (χ0) is 15.3. The Hall–Kier alpha value is -1.06. The molecule has 1 amide bonds. The number of hydrogen-bond donors (Lipinski definition) is 2. The van der Waals surface area contributed by atoms with E-state index in [-0.39, 0.29) is 29.8 Å². The predicted molar refractivity (Wildman–Crippen MR) is 94.2 cm³/mol. The number of nitrogens with one attached hydrogen (secondary N) is 2. The maximum Gasteiger partial charge on any atom is 0.234 e. The lowest BCUT2D eigenvalue weighted by atomic mass is 9.85. The number of carbonyl (C=O) groups is 1. The highest BCUT2D eigenvalue weighted by atomic mass is 35.5. The Kier molecular flexibility index (Phi) is 7.37. The molecule has 0 aliphatic heterocycles. The summed E-state index contributed by atoms with van der Waals surface area (Å²) in [6.45, 7) is 8.02. The summed E-state index contributed by atoms with van der Waals surface area (Å²) in [7, 11) is 0. The van der Waals surface area contributed by atoms with Crippen molar-refractivity contribution in [2.75, 3.05) is 13.1 Å². The Morgan fingerprint density at radius 2 is 1.86 bits per heavy atom. The molecule has 1 aliphatic rings. The normalized spacial score (nSPS) is 15.8. The zero-order valence-corrected chi connectivity index (χ0v) is 14.7. The van der Waals surface area contributed by atoms with Crippen molar-refractivity contribution >= 4 is 18.3 Å². The lowest BCUT2D eigenvalue weighted by Gasteiger charge is -2.27. The van der Waals surface area contributed by atoms with Crippen LogP contribution in [0.2, 0.25) is 0 Å². The van der Waals surface area contributed by atoms with Gasteiger partial charge in [0.15, 0.2) is 0 Å². The van der Waals surface area contributed by atoms with Gasteiger partial charge in [0, 0.05) is 0 Å². The molecule has 1 fully saturated rings. The molecular formula is C18H29ClN2O. The van der Waals surface area contributed by atoms with E-state index in [1.165, 1.54) is 18.4 Å². The molecule has 1 atom stereocenters. The molecule has 2 N–H and O–H groups in total. The zero-order valence-electron chi connectivity index (χ0n) is 13.9. The molecular weight excluding hydrogens is 296 g/mol. The second kappa shape index (κ2) is 8.54. The molecule has 1 aromatic carbocycles. The van der Waals surface area contributed by atoms with Crippen molar-refractivity contribution in [1.82, 2.24) is 10.6 Å². The molecule has 0 radical (unpaired) electrons. The minimum absolute atomic E-state index is 0. The fourth-order valence-electron chi connectivity index (χ4n) is 2.51. The molecule has 3 nitrogen and oxygen atoms in total. The fourth-order valence-corrected chi connectivity index (χ4v) is 2.51. The van der Waals surface area contributed by atoms with E-state index in [4.69, 9.17) is 0 Å². The van der Waals surface area contributed by atoms with Crippen LogP contribution in [0.15, 0.2) is 30.3 Å². The van der Waals surface area contributed by atoms with Crippen LogP contribution in [0.1, 0.15) is 51.6 Å². The number of benzene rings is 1. The molecule has 22 heavy (non-hydrogen) atoms. The monoisotopic (exact) mass is 324 g/mol. The fraction of sp³-hybridized carbons (Fsp3) is 0.611. The lowest BCUT2D eigenvalue weighted by Crippen LogP contribution is -2.38. The van der Waals surface area contributed by atoms with E-state index in [9.17, 15) is 4.79 Å². The minimum Gasteiger partial charge on any atom is -0.348 e. The second-order valence-corrected chi connectivity index (χ2v) is 7.37. The molecule has 1 saturated carbocycles. The molecule has 124 valence electrons. The third-order valence-electron chi connectivity index (χ3n) is 3.77. The van der Waals surface area contributed by atoms with Crippen molar-refractivity contribution in [3.05, 3.63) is 35.9 Å². The van der Waals surface area contributed by atoms with Crippen LogP contribution < -0.4 is 10.6 Å². The minimum atomic E-state index is 0. The van der Waals surface area contributed by atoms with Gasteiger partial charge in [0.05, 0.1) is 12.6 Å². The van der Waals surface area contributed by atoms with E-state index in [1.54, 1.807) is 0 Å². The van der Waals surface area contributed by atoms with Crippen molar-refractivity contribution in [3.63, 3.8) is 0 Å². The molecule has 1 aliphatic carbocycles. The summed E-state index contributed by atoms with van der Waals surface area (Å²) in [5.74, 6) is 0.894. The lowest BCUT2D eigenvalue weighted by molar-refractivity contribution is -0.121. The average Bonchev–Trinajstić information content (AvgIpc) is 3.21. The summed E-state index contributed by atoms with van der Waals surface area (Å²) in [4.78, 5) is 12.1. The third-order valence-corrected chi connectivity index (χ3v) is 3.77. The quantitative estimate of drug-likeness (QED) is 0.803. The number of carbonyl (C=O) groups excluding carboxylic acids is 1. The van der Waals surface area contributed by atoms with Gasteiger partial charge in [-0.15, -0.1) is 12.4 Å². The summed E-state index contributed by atoms with van der Waals surface area (Å²) < 4.78 is 0. The molecule has 4 heteroatoms. The van der Waals surface area contributed by atoms with Crippen LogP contribution in [0.25, 0.3) is 0 Å². The van der Waals surface area contributed by atoms with Gasteiger partial charge in [-0.1, -0.05) is 51.1 Å². The summed E-state index contributed by atoms with van der Waals surface area (Å²) in [5.41, 5.74) is 1.36. The van der Waals surface area contributed by atoms with Gasteiger partial charge in [0.25, 0.3) is 0 Å². The number of hydrogen-bond acceptors (Lipinski definition) is 2. The summed E-state index contributed by atoms with van der Waals surface area (Å²) in [6.07, 6.45) is 3.56. The van der Waals surface area contributed by atoms with Crippen LogP contribution in [0.3, 0.4) is 0 Å². The van der Waals surface area contributed by atoms with E-state index in [0.717, 1.165) is 18.9 Å². The van der Waals surface area contributed by atoms with Gasteiger partial charge in [-0.25, -0.2) is 0 Å². The first-order valence-electron chi connectivity index (χ1n) is 7.99. The van der Waals surface area contributed by atoms with Crippen molar-refractivity contribution in [1.29, 1.82) is 0 Å². The van der Waals surface area contributed by atoms with Crippen LogP contribution in [-0.4, -0.2) is 19.0 Å². The highest BCUT2D eigenvalue weighted by molar-refractivity contribution is 5.85. The Balaban J connectivity index is 0.00000242. The van der Waals surface area contributed by atoms with E-state index in [2.05, 4.69) is 43.5 Å². The van der Waals surface area contributed by atoms with Crippen LogP contribution in [0.4, 0.5) is 0 Å². The number of rotatable bonds is 7. The van der Waals surface area contributed by atoms with Gasteiger partial charge in [-0.3, -0.25) is 4.79 Å². The van der Waals surface area contributed by atoms with E-state index in [0.29, 0.717) is 6.54 Å². The van der Waals surface area contributed by atoms with Gasteiger partial charge in [-0.05, 0) is 42.7 Å². The summed E-state index contributed by atoms with van der Waals surface area (Å²) >= 11 is 0. The maximum absolute atomic E-state index is 12.1. The van der Waals surface area contributed by atoms with Gasteiger partial charge in [0.1, 0.15) is 0 Å². The maximum atomic E-state index is 12.1. The van der Waals surface area contributed by atoms with Gasteiger partial charge in [-0.2, -0.15) is 0 Å². The van der Waals surface area contributed by atoms with Crippen molar-refractivity contribution in [2.45, 2.75) is 46.1 Å². The largest absolute Gasteiger partial charge is 0.348 e. The first-order valence-corrected chi connectivity index (χ1v) is 7.99. The Morgan fingerprint density at radius 1 is 1.23 bits per heavy atom. The SMILES string of the molecule is CC(C)(C)CC(NC(=O)CNCC1CC1)c1ccccc1.Cl. The Bertz CT molecular complexity index is 452. The molecule has 1 unspecified atom stereocenters. The molecule has 1 aromatic rings. The highest BCUT2D eigenvalue weighted by Crippen LogP contribution is 2.29. The molecule has 0 heterocycles. The second-order valence-electron chi connectivity index (χ2n) is 7.37. The number of amides is 1. The van der Waals surface area contributed by atoms with E-state index in [1.807, 2.05) is 18.2 Å². The van der Waals surface area contributed by atoms with Crippen LogP contribution in [0, 0.1) is 11.3 Å². The molecule has 0 saturated heterocycles. The highest BCUT2D eigenvalue weighted by Gasteiger charge is 2.23. The predicted octanol–water partition coefficient (Wildman–Crippen LogP) is 3.70. The van der Waals surface area contributed by atoms with Gasteiger partial charge < -0.3 is 10.6 Å². The standard InChI is InChI=1S/C18H28N2O.ClH/c1-18(2,3)11-16(15-7-5-4-6-8-15)20-17(21)13-19-12-14-9-10-14;/h4-8,14,16,19H,9-13H2,1-3H3,(H,20,21);1H. The Morgan fingerprint density at radius 3 is 2.41 bits per heavy atom. The van der Waals surface area contributed by atoms with Gasteiger partial charge in [0.2, 0.25) is 5.91 Å². The molecule has 0 bridgehead atoms. The molecule has 2 rings (SSSR count). The van der Waals surface area contributed by atoms with Crippen molar-refractivity contribution < 1.29 is 4.79 Å². The van der Waals surface area contributed by atoms with Crippen LogP contribution >= 0.6 is 12.4 Å². The average molecular weight is 325 g/mol. The number of halogens is 1. The summed E-state index contributed by atoms with van der Waals surface area (Å²) in [6, 6.07) is 10.3. The van der Waals surface area contributed by atoms with E-state index < -0.39 is 0 Å². The smallest absolute Gasteiger partial charge is 0.234 e. The van der Waals surface area contributed by atoms with Crippen molar-refractivity contribution in [2.24, 2.45) is 11.3 Å².